The fraction of sp³-hybridized carbons (Fsp3) is 0. The third-order valence-electron chi connectivity index (χ3n) is 12.8. The molecule has 0 saturated carbocycles. The topological polar surface area (TPSA) is 16.3 Å². The van der Waals surface area contributed by atoms with Gasteiger partial charge in [-0.3, -0.25) is 0 Å². The summed E-state index contributed by atoms with van der Waals surface area (Å²) in [6.07, 6.45) is 0. The van der Waals surface area contributed by atoms with Gasteiger partial charge in [0.05, 0.1) is 22.1 Å². The number of para-hydroxylation sites is 2. The first-order valence-corrected chi connectivity index (χ1v) is 22.2. The molecule has 326 valence electrons. The summed E-state index contributed by atoms with van der Waals surface area (Å²) in [6.45, 7) is 0. The fourth-order valence-corrected chi connectivity index (χ4v) is 9.62. The minimum absolute atomic E-state index is 0.292. The van der Waals surface area contributed by atoms with Crippen molar-refractivity contribution < 1.29 is 17.6 Å². The molecule has 0 unspecified atom stereocenters. The first kappa shape index (κ1) is 40.6. The molecule has 0 N–H and O–H groups in total. The van der Waals surface area contributed by atoms with Crippen molar-refractivity contribution in [1.29, 1.82) is 0 Å². The van der Waals surface area contributed by atoms with E-state index in [1.54, 1.807) is 48.5 Å². The lowest BCUT2D eigenvalue weighted by molar-refractivity contribution is 0.627. The summed E-state index contributed by atoms with van der Waals surface area (Å²) in [4.78, 5) is 4.23. The van der Waals surface area contributed by atoms with E-state index < -0.39 is 0 Å². The van der Waals surface area contributed by atoms with Gasteiger partial charge in [0.1, 0.15) is 23.3 Å². The van der Waals surface area contributed by atoms with Gasteiger partial charge in [-0.25, -0.2) is 17.6 Å². The Labute approximate surface area is 389 Å². The van der Waals surface area contributed by atoms with E-state index in [1.807, 2.05) is 24.3 Å². The molecule has 0 bridgehead atoms. The highest BCUT2D eigenvalue weighted by molar-refractivity contribution is 6.12. The zero-order valence-corrected chi connectivity index (χ0v) is 36.2. The molecule has 4 nitrogen and oxygen atoms in total. The quantitative estimate of drug-likeness (QED) is 0.134. The van der Waals surface area contributed by atoms with Gasteiger partial charge in [0.15, 0.2) is 0 Å². The van der Waals surface area contributed by atoms with Crippen molar-refractivity contribution in [3.63, 3.8) is 0 Å². The van der Waals surface area contributed by atoms with Crippen LogP contribution in [0.2, 0.25) is 0 Å². The molecule has 0 aliphatic heterocycles. The number of hydrogen-bond donors (Lipinski definition) is 0. The van der Waals surface area contributed by atoms with E-state index in [4.69, 9.17) is 0 Å². The lowest BCUT2D eigenvalue weighted by Crippen LogP contribution is -2.10. The van der Waals surface area contributed by atoms with Crippen LogP contribution in [0.4, 0.5) is 51.7 Å². The van der Waals surface area contributed by atoms with E-state index in [2.05, 4.69) is 128 Å². The van der Waals surface area contributed by atoms with Gasteiger partial charge in [0.2, 0.25) is 0 Å². The van der Waals surface area contributed by atoms with E-state index >= 15 is 0 Å². The minimum atomic E-state index is -0.321. The first-order chi connectivity index (χ1) is 33.3. The summed E-state index contributed by atoms with van der Waals surface area (Å²) in [7, 11) is 0. The largest absolute Gasteiger partial charge is 0.310 e. The van der Waals surface area contributed by atoms with Gasteiger partial charge in [-0.1, -0.05) is 60.7 Å². The number of halogens is 4. The van der Waals surface area contributed by atoms with Crippen molar-refractivity contribution in [3.05, 3.63) is 254 Å². The van der Waals surface area contributed by atoms with Gasteiger partial charge in [0, 0.05) is 67.0 Å². The van der Waals surface area contributed by atoms with Crippen LogP contribution in [0.1, 0.15) is 0 Å². The molecule has 12 rings (SSSR count). The molecule has 0 radical (unpaired) electrons. The molecule has 2 heterocycles. The fourth-order valence-electron chi connectivity index (χ4n) is 9.62. The lowest BCUT2D eigenvalue weighted by Gasteiger charge is -2.26. The van der Waals surface area contributed by atoms with Crippen LogP contribution in [-0.4, -0.2) is 9.13 Å². The predicted molar refractivity (Wildman–Crippen MR) is 270 cm³/mol. The van der Waals surface area contributed by atoms with Gasteiger partial charge in [-0.15, -0.1) is 0 Å². The SMILES string of the molecule is Fc1ccc(N(c2ccc(-c3ccc(N(c4ccc(F)cc4)c4ccc5c(c4)c4ccccc4n5-c4ccc(F)cc4)cc3)cc2)c2ccc3c(c2)c2ccccc2n3-c2ccc(F)cc2)cc1. The van der Waals surface area contributed by atoms with E-state index in [9.17, 15) is 17.6 Å². The highest BCUT2D eigenvalue weighted by Crippen LogP contribution is 2.43. The number of nitrogens with zero attached hydrogens (tertiary/aromatic N) is 4. The normalized spacial score (nSPS) is 11.5. The van der Waals surface area contributed by atoms with Crippen LogP contribution in [0.25, 0.3) is 66.1 Å². The van der Waals surface area contributed by atoms with Crippen LogP contribution in [0, 0.1) is 23.3 Å². The predicted octanol–water partition coefficient (Wildman–Crippen LogP) is 17.0. The van der Waals surface area contributed by atoms with Gasteiger partial charge in [-0.05, 0) is 181 Å². The number of fused-ring (bicyclic) bond motifs is 6. The van der Waals surface area contributed by atoms with Crippen molar-refractivity contribution >= 4 is 77.7 Å². The van der Waals surface area contributed by atoms with E-state index in [-0.39, 0.29) is 23.3 Å². The van der Waals surface area contributed by atoms with Crippen LogP contribution >= 0.6 is 0 Å². The standard InChI is InChI=1S/C60H38F4N4/c61-41-13-25-47(26-14-41)65(51-33-35-59-55(37-51)53-5-1-3-7-57(53)67(59)49-29-17-43(63)18-30-49)45-21-9-39(10-22-45)40-11-23-46(24-12-40)66(48-27-15-42(62)16-28-48)52-34-36-60-56(38-52)54-6-2-4-8-58(54)68(60)50-31-19-44(64)20-32-50/h1-38H. The molecule has 8 heteroatoms. The maximum Gasteiger partial charge on any atom is 0.123 e. The summed E-state index contributed by atoms with van der Waals surface area (Å²) < 4.78 is 61.0. The molecule has 0 saturated heterocycles. The first-order valence-electron chi connectivity index (χ1n) is 22.2. The van der Waals surface area contributed by atoms with Gasteiger partial charge >= 0.3 is 0 Å². The number of aromatic nitrogens is 2. The number of anilines is 6. The van der Waals surface area contributed by atoms with E-state index in [0.29, 0.717) is 0 Å². The Morgan fingerprint density at radius 1 is 0.250 bits per heavy atom. The molecule has 0 amide bonds. The summed E-state index contributed by atoms with van der Waals surface area (Å²) in [5.74, 6) is -1.23. The average Bonchev–Trinajstić information content (AvgIpc) is 3.89. The molecule has 10 aromatic carbocycles. The second kappa shape index (κ2) is 16.5. The molecule has 0 fully saturated rings. The Hall–Kier alpha value is -8.88. The Morgan fingerprint density at radius 2 is 0.529 bits per heavy atom. The van der Waals surface area contributed by atoms with Crippen LogP contribution in [-0.2, 0) is 0 Å². The molecular formula is C60H38F4N4. The highest BCUT2D eigenvalue weighted by atomic mass is 19.1. The molecule has 0 atom stereocenters. The van der Waals surface area contributed by atoms with Crippen molar-refractivity contribution in [3.8, 4) is 22.5 Å². The lowest BCUT2D eigenvalue weighted by atomic mass is 10.0. The van der Waals surface area contributed by atoms with Gasteiger partial charge < -0.3 is 18.9 Å². The van der Waals surface area contributed by atoms with Crippen LogP contribution in [0.3, 0.4) is 0 Å². The third kappa shape index (κ3) is 7.11. The van der Waals surface area contributed by atoms with Crippen LogP contribution in [0.15, 0.2) is 231 Å². The zero-order valence-electron chi connectivity index (χ0n) is 36.2. The monoisotopic (exact) mass is 890 g/mol. The summed E-state index contributed by atoms with van der Waals surface area (Å²) in [5, 5.41) is 4.16. The maximum atomic E-state index is 14.4. The third-order valence-corrected chi connectivity index (χ3v) is 12.8. The van der Waals surface area contributed by atoms with Gasteiger partial charge in [0.25, 0.3) is 0 Å². The van der Waals surface area contributed by atoms with Crippen LogP contribution in [0.5, 0.6) is 0 Å². The Balaban J connectivity index is 0.907. The van der Waals surface area contributed by atoms with Crippen molar-refractivity contribution in [2.75, 3.05) is 9.80 Å². The highest BCUT2D eigenvalue weighted by Gasteiger charge is 2.20. The van der Waals surface area contributed by atoms with E-state index in [1.165, 1.54) is 48.5 Å². The number of rotatable bonds is 9. The smallest absolute Gasteiger partial charge is 0.123 e. The number of hydrogen-bond acceptors (Lipinski definition) is 2. The molecule has 0 aliphatic rings. The Morgan fingerprint density at radius 3 is 0.882 bits per heavy atom. The maximum absolute atomic E-state index is 14.4. The molecule has 0 aliphatic carbocycles. The Bertz CT molecular complexity index is 3550. The second-order valence-electron chi connectivity index (χ2n) is 16.8. The number of benzene rings is 10. The van der Waals surface area contributed by atoms with Gasteiger partial charge in [-0.2, -0.15) is 0 Å². The van der Waals surface area contributed by atoms with E-state index in [0.717, 1.165) is 100 Å². The molecular weight excluding hydrogens is 853 g/mol. The summed E-state index contributed by atoms with van der Waals surface area (Å²) in [5.41, 5.74) is 12.8. The van der Waals surface area contributed by atoms with Crippen molar-refractivity contribution in [2.24, 2.45) is 0 Å². The molecule has 12 aromatic rings. The van der Waals surface area contributed by atoms with Crippen LogP contribution < -0.4 is 9.80 Å². The Kier molecular flexibility index (Phi) is 9.87. The summed E-state index contributed by atoms with van der Waals surface area (Å²) >= 11 is 0. The zero-order chi connectivity index (χ0) is 45.9. The van der Waals surface area contributed by atoms with Crippen molar-refractivity contribution in [1.82, 2.24) is 9.13 Å². The molecule has 0 spiro atoms. The molecule has 68 heavy (non-hydrogen) atoms. The summed E-state index contributed by atoms with van der Waals surface area (Å²) in [6, 6.07) is 71.6. The second-order valence-corrected chi connectivity index (χ2v) is 16.8. The minimum Gasteiger partial charge on any atom is -0.310 e. The molecule has 2 aromatic heterocycles. The van der Waals surface area contributed by atoms with Crippen molar-refractivity contribution in [2.45, 2.75) is 0 Å². The average molecular weight is 891 g/mol.